The first-order valence-electron chi connectivity index (χ1n) is 8.04. The summed E-state index contributed by atoms with van der Waals surface area (Å²) in [5, 5.41) is 14.3. The molecule has 0 spiro atoms. The third-order valence-corrected chi connectivity index (χ3v) is 4.12. The van der Waals surface area contributed by atoms with Crippen LogP contribution in [0.4, 0.5) is 5.69 Å². The summed E-state index contributed by atoms with van der Waals surface area (Å²) in [7, 11) is 3.82. The van der Waals surface area contributed by atoms with Crippen LogP contribution in [0, 0.1) is 10.1 Å². The number of likely N-dealkylation sites (N-methyl/N-ethyl adjacent to an activating group) is 1. The third-order valence-electron chi connectivity index (χ3n) is 4.12. The molecule has 2 N–H and O–H groups in total. The van der Waals surface area contributed by atoms with Crippen molar-refractivity contribution in [3.05, 3.63) is 62.3 Å². The Kier molecular flexibility index (Phi) is 4.68. The summed E-state index contributed by atoms with van der Waals surface area (Å²) in [6.45, 7) is 1.17. The first-order chi connectivity index (χ1) is 12.4. The van der Waals surface area contributed by atoms with Gasteiger partial charge in [-0.05, 0) is 32.3 Å². The van der Waals surface area contributed by atoms with E-state index in [9.17, 15) is 19.7 Å². The number of nitro groups is 1. The Labute approximate surface area is 148 Å². The number of aromatic amines is 1. The number of non-ortho nitro benzene ring substituents is 1. The average molecular weight is 354 g/mol. The van der Waals surface area contributed by atoms with Crippen molar-refractivity contribution in [1.82, 2.24) is 15.2 Å². The number of pyridine rings is 1. The quantitative estimate of drug-likeness (QED) is 0.413. The number of benzene rings is 2. The molecule has 0 fully saturated rings. The molecule has 8 nitrogen and oxygen atoms in total. The van der Waals surface area contributed by atoms with E-state index in [1.165, 1.54) is 18.2 Å². The Morgan fingerprint density at radius 1 is 1.23 bits per heavy atom. The van der Waals surface area contributed by atoms with E-state index in [0.29, 0.717) is 35.1 Å². The van der Waals surface area contributed by atoms with Crippen LogP contribution in [0.3, 0.4) is 0 Å². The minimum Gasteiger partial charge on any atom is -0.354 e. The number of carbonyl (C=O) groups excluding carboxylic acids is 1. The van der Waals surface area contributed by atoms with Gasteiger partial charge in [0.15, 0.2) is 5.43 Å². The molecule has 3 aromatic rings. The maximum absolute atomic E-state index is 12.8. The molecule has 0 bridgehead atoms. The van der Waals surface area contributed by atoms with E-state index in [0.717, 1.165) is 0 Å². The molecular formula is C18H18N4O4. The summed E-state index contributed by atoms with van der Waals surface area (Å²) in [5.74, 6) is -0.283. The number of rotatable bonds is 5. The van der Waals surface area contributed by atoms with E-state index < -0.39 is 4.92 Å². The largest absolute Gasteiger partial charge is 0.354 e. The molecule has 134 valence electrons. The zero-order chi connectivity index (χ0) is 18.8. The van der Waals surface area contributed by atoms with Gasteiger partial charge < -0.3 is 15.2 Å². The summed E-state index contributed by atoms with van der Waals surface area (Å²) in [6.07, 6.45) is 0. The lowest BCUT2D eigenvalue weighted by molar-refractivity contribution is -0.384. The zero-order valence-corrected chi connectivity index (χ0v) is 14.4. The molecule has 0 saturated heterocycles. The molecule has 2 aromatic carbocycles. The second-order valence-electron chi connectivity index (χ2n) is 6.23. The van der Waals surface area contributed by atoms with Crippen molar-refractivity contribution in [1.29, 1.82) is 0 Å². The van der Waals surface area contributed by atoms with E-state index in [1.807, 2.05) is 19.0 Å². The summed E-state index contributed by atoms with van der Waals surface area (Å²) < 4.78 is 0. The lowest BCUT2D eigenvalue weighted by Crippen LogP contribution is -2.31. The monoisotopic (exact) mass is 354 g/mol. The van der Waals surface area contributed by atoms with Crippen LogP contribution in [0.2, 0.25) is 0 Å². The van der Waals surface area contributed by atoms with Crippen molar-refractivity contribution in [3.8, 4) is 0 Å². The zero-order valence-electron chi connectivity index (χ0n) is 14.4. The molecule has 3 rings (SSSR count). The molecule has 0 unspecified atom stereocenters. The highest BCUT2D eigenvalue weighted by atomic mass is 16.6. The number of amides is 1. The Morgan fingerprint density at radius 3 is 2.69 bits per heavy atom. The van der Waals surface area contributed by atoms with Crippen molar-refractivity contribution in [2.75, 3.05) is 27.2 Å². The van der Waals surface area contributed by atoms with Gasteiger partial charge in [0.25, 0.3) is 11.6 Å². The van der Waals surface area contributed by atoms with E-state index in [1.54, 1.807) is 18.2 Å². The van der Waals surface area contributed by atoms with Crippen LogP contribution < -0.4 is 10.7 Å². The number of hydrogen-bond acceptors (Lipinski definition) is 5. The molecule has 1 amide bonds. The number of carbonyl (C=O) groups is 1. The minimum atomic E-state index is -0.544. The van der Waals surface area contributed by atoms with Crippen LogP contribution >= 0.6 is 0 Å². The highest BCUT2D eigenvalue weighted by Crippen LogP contribution is 2.21. The van der Waals surface area contributed by atoms with Gasteiger partial charge in [-0.2, -0.15) is 0 Å². The van der Waals surface area contributed by atoms with E-state index >= 15 is 0 Å². The summed E-state index contributed by atoms with van der Waals surface area (Å²) in [6, 6.07) is 8.92. The Bertz CT molecular complexity index is 1070. The van der Waals surface area contributed by atoms with E-state index in [2.05, 4.69) is 10.3 Å². The van der Waals surface area contributed by atoms with Crippen molar-refractivity contribution >= 4 is 33.4 Å². The second kappa shape index (κ2) is 6.93. The van der Waals surface area contributed by atoms with Gasteiger partial charge >= 0.3 is 0 Å². The van der Waals surface area contributed by atoms with Gasteiger partial charge in [-0.25, -0.2) is 0 Å². The van der Waals surface area contributed by atoms with Crippen LogP contribution in [-0.2, 0) is 0 Å². The Morgan fingerprint density at radius 2 is 2.00 bits per heavy atom. The summed E-state index contributed by atoms with van der Waals surface area (Å²) in [5.41, 5.74) is 0.724. The predicted octanol–water partition coefficient (Wildman–Crippen LogP) is 1.88. The lowest BCUT2D eigenvalue weighted by Gasteiger charge is -2.12. The SMILES string of the molecule is CN(C)CCNC(=O)c1cccc2c(=O)c3cc([N+](=O)[O-])ccc3[nH]c12. The molecule has 0 aliphatic carbocycles. The van der Waals surface area contributed by atoms with Crippen molar-refractivity contribution < 1.29 is 9.72 Å². The standard InChI is InChI=1S/C18H18N4O4/c1-21(2)9-8-19-18(24)13-5-3-4-12-16(13)20-15-7-6-11(22(25)26)10-14(15)17(12)23/h3-7,10H,8-9H2,1-2H3,(H,19,24)(H,20,23). The van der Waals surface area contributed by atoms with Gasteiger partial charge in [-0.15, -0.1) is 0 Å². The number of H-pyrrole nitrogens is 1. The number of nitrogens with zero attached hydrogens (tertiary/aromatic N) is 2. The number of hydrogen-bond donors (Lipinski definition) is 2. The van der Waals surface area contributed by atoms with Crippen molar-refractivity contribution in [2.24, 2.45) is 0 Å². The molecule has 0 saturated carbocycles. The van der Waals surface area contributed by atoms with Crippen molar-refractivity contribution in [3.63, 3.8) is 0 Å². The van der Waals surface area contributed by atoms with Crippen LogP contribution in [0.25, 0.3) is 21.8 Å². The van der Waals surface area contributed by atoms with Gasteiger partial charge in [0.1, 0.15) is 0 Å². The topological polar surface area (TPSA) is 108 Å². The molecule has 0 radical (unpaired) electrons. The average Bonchev–Trinajstić information content (AvgIpc) is 2.60. The highest BCUT2D eigenvalue weighted by Gasteiger charge is 2.15. The fourth-order valence-electron chi connectivity index (χ4n) is 2.78. The van der Waals surface area contributed by atoms with E-state index in [-0.39, 0.29) is 22.4 Å². The highest BCUT2D eigenvalue weighted by molar-refractivity contribution is 6.07. The molecule has 1 aromatic heterocycles. The molecular weight excluding hydrogens is 336 g/mol. The summed E-state index contributed by atoms with van der Waals surface area (Å²) >= 11 is 0. The predicted molar refractivity (Wildman–Crippen MR) is 99.6 cm³/mol. The first kappa shape index (κ1) is 17.6. The maximum Gasteiger partial charge on any atom is 0.270 e. The number of aromatic nitrogens is 1. The second-order valence-corrected chi connectivity index (χ2v) is 6.23. The Hall–Kier alpha value is -3.26. The lowest BCUT2D eigenvalue weighted by atomic mass is 10.1. The van der Waals surface area contributed by atoms with Gasteiger partial charge in [-0.1, -0.05) is 6.07 Å². The summed E-state index contributed by atoms with van der Waals surface area (Å²) in [4.78, 5) is 40.7. The van der Waals surface area contributed by atoms with Crippen molar-refractivity contribution in [2.45, 2.75) is 0 Å². The molecule has 1 heterocycles. The molecule has 26 heavy (non-hydrogen) atoms. The van der Waals surface area contributed by atoms with Gasteiger partial charge in [0, 0.05) is 30.6 Å². The van der Waals surface area contributed by atoms with Crippen LogP contribution in [-0.4, -0.2) is 47.9 Å². The van der Waals surface area contributed by atoms with Gasteiger partial charge in [0.2, 0.25) is 0 Å². The number of nitrogens with one attached hydrogen (secondary N) is 2. The molecule has 0 aliphatic heterocycles. The fraction of sp³-hybridized carbons (Fsp3) is 0.222. The van der Waals surface area contributed by atoms with Gasteiger partial charge in [-0.3, -0.25) is 19.7 Å². The van der Waals surface area contributed by atoms with Crippen LogP contribution in [0.1, 0.15) is 10.4 Å². The van der Waals surface area contributed by atoms with Crippen LogP contribution in [0.15, 0.2) is 41.2 Å². The normalized spacial score (nSPS) is 11.2. The number of nitro benzene ring substituents is 1. The Balaban J connectivity index is 2.11. The fourth-order valence-corrected chi connectivity index (χ4v) is 2.78. The molecule has 0 aliphatic rings. The first-order valence-corrected chi connectivity index (χ1v) is 8.04. The third kappa shape index (κ3) is 3.27. The number of fused-ring (bicyclic) bond motifs is 2. The van der Waals surface area contributed by atoms with Gasteiger partial charge in [0.05, 0.1) is 26.9 Å². The van der Waals surface area contributed by atoms with Crippen LogP contribution in [0.5, 0.6) is 0 Å². The van der Waals surface area contributed by atoms with E-state index in [4.69, 9.17) is 0 Å². The smallest absolute Gasteiger partial charge is 0.270 e. The molecule has 0 atom stereocenters. The minimum absolute atomic E-state index is 0.153. The molecule has 8 heteroatoms. The number of para-hydroxylation sites is 1. The maximum atomic E-state index is 12.8.